The zero-order valence-electron chi connectivity index (χ0n) is 15.7. The highest BCUT2D eigenvalue weighted by Crippen LogP contribution is 2.67. The van der Waals surface area contributed by atoms with E-state index in [-0.39, 0.29) is 23.4 Å². The molecule has 5 fully saturated rings. The third-order valence-electron chi connectivity index (χ3n) is 10.00. The van der Waals surface area contributed by atoms with Crippen LogP contribution in [0.1, 0.15) is 58.8 Å². The van der Waals surface area contributed by atoms with Gasteiger partial charge in [0.05, 0.1) is 5.92 Å². The highest BCUT2D eigenvalue weighted by Gasteiger charge is 2.63. The molecule has 0 aromatic rings. The molecule has 0 aromatic heterocycles. The van der Waals surface area contributed by atoms with E-state index in [0.29, 0.717) is 5.92 Å². The predicted octanol–water partition coefficient (Wildman–Crippen LogP) is 4.84. The van der Waals surface area contributed by atoms with Crippen LogP contribution in [-0.2, 0) is 9.53 Å². The van der Waals surface area contributed by atoms with Gasteiger partial charge >= 0.3 is 5.97 Å². The van der Waals surface area contributed by atoms with Crippen LogP contribution >= 0.6 is 0 Å². The van der Waals surface area contributed by atoms with Gasteiger partial charge in [-0.25, -0.2) is 0 Å². The van der Waals surface area contributed by atoms with E-state index in [0.717, 1.165) is 47.8 Å². The quantitative estimate of drug-likeness (QED) is 0.417. The van der Waals surface area contributed by atoms with Crippen molar-refractivity contribution in [1.82, 2.24) is 0 Å². The Labute approximate surface area is 151 Å². The first-order valence-electron chi connectivity index (χ1n) is 10.9. The number of hydrogen-bond donors (Lipinski definition) is 0. The third kappa shape index (κ3) is 1.90. The third-order valence-corrected chi connectivity index (χ3v) is 10.00. The van der Waals surface area contributed by atoms with Gasteiger partial charge in [0.25, 0.3) is 0 Å². The average molecular weight is 341 g/mol. The molecule has 6 bridgehead atoms. The van der Waals surface area contributed by atoms with Crippen LogP contribution in [0.15, 0.2) is 12.2 Å². The fraction of sp³-hybridized carbons (Fsp3) is 0.870. The first-order chi connectivity index (χ1) is 12.0. The van der Waals surface area contributed by atoms with Crippen molar-refractivity contribution in [3.63, 3.8) is 0 Å². The lowest BCUT2D eigenvalue weighted by molar-refractivity contribution is -0.165. The molecular formula is C23H32O2. The molecule has 0 aliphatic heterocycles. The highest BCUT2D eigenvalue weighted by molar-refractivity contribution is 5.74. The number of carbonyl (C=O) groups is 1. The van der Waals surface area contributed by atoms with Crippen molar-refractivity contribution in [3.8, 4) is 0 Å². The fourth-order valence-corrected chi connectivity index (χ4v) is 8.83. The SMILES string of the molecule is CC(OC(=O)C1CC2CC1C1C3C=CC(C3)C21)C1(C)CC2CCC1C2. The Morgan fingerprint density at radius 1 is 1.08 bits per heavy atom. The summed E-state index contributed by atoms with van der Waals surface area (Å²) in [7, 11) is 0. The number of fused-ring (bicyclic) bond motifs is 11. The molecule has 5 saturated carbocycles. The number of allylic oxidation sites excluding steroid dienone is 2. The monoisotopic (exact) mass is 340 g/mol. The molecule has 0 heterocycles. The van der Waals surface area contributed by atoms with Gasteiger partial charge in [-0.3, -0.25) is 4.79 Å². The van der Waals surface area contributed by atoms with Crippen LogP contribution in [0.2, 0.25) is 0 Å². The Kier molecular flexibility index (Phi) is 3.01. The fourth-order valence-electron chi connectivity index (χ4n) is 8.83. The van der Waals surface area contributed by atoms with E-state index >= 15 is 0 Å². The summed E-state index contributed by atoms with van der Waals surface area (Å²) >= 11 is 0. The molecule has 6 aliphatic carbocycles. The zero-order chi connectivity index (χ0) is 16.9. The Bertz CT molecular complexity index is 638. The molecular weight excluding hydrogens is 308 g/mol. The van der Waals surface area contributed by atoms with Crippen molar-refractivity contribution in [2.24, 2.45) is 58.7 Å². The van der Waals surface area contributed by atoms with Gasteiger partial charge in [0.2, 0.25) is 0 Å². The van der Waals surface area contributed by atoms with E-state index in [4.69, 9.17) is 4.74 Å². The molecule has 11 unspecified atom stereocenters. The summed E-state index contributed by atoms with van der Waals surface area (Å²) in [5.74, 6) is 6.83. The first kappa shape index (κ1) is 15.3. The number of hydrogen-bond acceptors (Lipinski definition) is 2. The van der Waals surface area contributed by atoms with Crippen molar-refractivity contribution in [1.29, 1.82) is 0 Å². The number of carbonyl (C=O) groups excluding carboxylic acids is 1. The Hall–Kier alpha value is -0.790. The maximum atomic E-state index is 13.1. The van der Waals surface area contributed by atoms with Gasteiger partial charge in [0, 0.05) is 5.41 Å². The molecule has 25 heavy (non-hydrogen) atoms. The van der Waals surface area contributed by atoms with Crippen LogP contribution in [-0.4, -0.2) is 12.1 Å². The second-order valence-corrected chi connectivity index (χ2v) is 10.8. The number of ether oxygens (including phenoxy) is 1. The Balaban J connectivity index is 1.16. The van der Waals surface area contributed by atoms with E-state index in [2.05, 4.69) is 26.0 Å². The standard InChI is InChI=1S/C23H32O2/c1-12(23(2)11-13-3-6-17(23)7-13)25-22(24)19-10-16-9-18(19)21-15-5-4-14(8-15)20(16)21/h4-5,12-21H,3,6-11H2,1-2H3. The molecule has 0 radical (unpaired) electrons. The molecule has 0 N–H and O–H groups in total. The van der Waals surface area contributed by atoms with E-state index in [1.54, 1.807) is 0 Å². The van der Waals surface area contributed by atoms with Crippen molar-refractivity contribution in [3.05, 3.63) is 12.2 Å². The van der Waals surface area contributed by atoms with Crippen LogP contribution in [0.4, 0.5) is 0 Å². The summed E-state index contributed by atoms with van der Waals surface area (Å²) in [6.45, 7) is 4.58. The summed E-state index contributed by atoms with van der Waals surface area (Å²) in [6, 6.07) is 0. The van der Waals surface area contributed by atoms with Gasteiger partial charge < -0.3 is 4.74 Å². The van der Waals surface area contributed by atoms with Gasteiger partial charge in [-0.05, 0) is 92.8 Å². The molecule has 136 valence electrons. The summed E-state index contributed by atoms with van der Waals surface area (Å²) < 4.78 is 6.20. The van der Waals surface area contributed by atoms with Gasteiger partial charge in [0.1, 0.15) is 6.10 Å². The van der Waals surface area contributed by atoms with Gasteiger partial charge in [-0.2, -0.15) is 0 Å². The lowest BCUT2D eigenvalue weighted by Crippen LogP contribution is -2.41. The summed E-state index contributed by atoms with van der Waals surface area (Å²) in [6.07, 6.45) is 14.3. The minimum atomic E-state index is 0.102. The van der Waals surface area contributed by atoms with Crippen LogP contribution in [0.25, 0.3) is 0 Å². The van der Waals surface area contributed by atoms with E-state index in [1.165, 1.54) is 38.5 Å². The molecule has 2 heteroatoms. The predicted molar refractivity (Wildman–Crippen MR) is 96.5 cm³/mol. The van der Waals surface area contributed by atoms with Crippen molar-refractivity contribution < 1.29 is 9.53 Å². The van der Waals surface area contributed by atoms with Crippen molar-refractivity contribution >= 4 is 5.97 Å². The summed E-state index contributed by atoms with van der Waals surface area (Å²) in [4.78, 5) is 13.1. The number of rotatable bonds is 3. The van der Waals surface area contributed by atoms with Crippen LogP contribution < -0.4 is 0 Å². The van der Waals surface area contributed by atoms with Crippen molar-refractivity contribution in [2.75, 3.05) is 0 Å². The average Bonchev–Trinajstić information content (AvgIpc) is 3.40. The van der Waals surface area contributed by atoms with E-state index < -0.39 is 0 Å². The molecule has 0 saturated heterocycles. The number of esters is 1. The molecule has 2 nitrogen and oxygen atoms in total. The van der Waals surface area contributed by atoms with E-state index in [1.807, 2.05) is 0 Å². The normalized spacial score (nSPS) is 58.1. The first-order valence-corrected chi connectivity index (χ1v) is 10.9. The van der Waals surface area contributed by atoms with E-state index in [9.17, 15) is 4.79 Å². The van der Waals surface area contributed by atoms with Crippen LogP contribution in [0, 0.1) is 58.7 Å². The highest BCUT2D eigenvalue weighted by atomic mass is 16.5. The summed E-state index contributed by atoms with van der Waals surface area (Å²) in [5, 5.41) is 0. The molecule has 0 spiro atoms. The maximum absolute atomic E-state index is 13.1. The van der Waals surface area contributed by atoms with Crippen LogP contribution in [0.5, 0.6) is 0 Å². The largest absolute Gasteiger partial charge is 0.462 e. The van der Waals surface area contributed by atoms with Crippen molar-refractivity contribution in [2.45, 2.75) is 64.9 Å². The second-order valence-electron chi connectivity index (χ2n) is 10.8. The zero-order valence-corrected chi connectivity index (χ0v) is 15.7. The topological polar surface area (TPSA) is 26.3 Å². The smallest absolute Gasteiger partial charge is 0.309 e. The Morgan fingerprint density at radius 2 is 1.88 bits per heavy atom. The van der Waals surface area contributed by atoms with Gasteiger partial charge in [0.15, 0.2) is 0 Å². The minimum absolute atomic E-state index is 0.102. The van der Waals surface area contributed by atoms with Gasteiger partial charge in [-0.1, -0.05) is 25.5 Å². The summed E-state index contributed by atoms with van der Waals surface area (Å²) in [5.41, 5.74) is 0.244. The Morgan fingerprint density at radius 3 is 2.60 bits per heavy atom. The second kappa shape index (κ2) is 4.93. The molecule has 6 aliphatic rings. The van der Waals surface area contributed by atoms with Gasteiger partial charge in [-0.15, -0.1) is 0 Å². The maximum Gasteiger partial charge on any atom is 0.309 e. The lowest BCUT2D eigenvalue weighted by atomic mass is 9.69. The lowest BCUT2D eigenvalue weighted by Gasteiger charge is -2.40. The molecule has 0 amide bonds. The molecule has 6 rings (SSSR count). The van der Waals surface area contributed by atoms with Crippen LogP contribution in [0.3, 0.4) is 0 Å². The molecule has 0 aromatic carbocycles. The molecule has 11 atom stereocenters. The minimum Gasteiger partial charge on any atom is -0.462 e.